The fourth-order valence-electron chi connectivity index (χ4n) is 1.86. The Hall–Kier alpha value is -1.72. The summed E-state index contributed by atoms with van der Waals surface area (Å²) in [6.45, 7) is 6.15. The summed E-state index contributed by atoms with van der Waals surface area (Å²) in [6, 6.07) is 6.61. The molecule has 0 atom stereocenters. The molecule has 1 aromatic carbocycles. The molecular weight excluding hydrogens is 322 g/mol. The average molecular weight is 338 g/mol. The highest BCUT2D eigenvalue weighted by atomic mass is 35.5. The Bertz CT molecular complexity index is 795. The average Bonchev–Trinajstić information content (AvgIpc) is 2.42. The van der Waals surface area contributed by atoms with Gasteiger partial charge in [0, 0.05) is 0 Å². The molecule has 0 fully saturated rings. The zero-order chi connectivity index (χ0) is 16.5. The monoisotopic (exact) mass is 337 g/mol. The Morgan fingerprint density at radius 3 is 2.14 bits per heavy atom. The molecule has 0 saturated carbocycles. The molecule has 0 unspecified atom stereocenters. The quantitative estimate of drug-likeness (QED) is 0.777. The van der Waals surface area contributed by atoms with E-state index >= 15 is 0 Å². The summed E-state index contributed by atoms with van der Waals surface area (Å²) in [5.41, 5.74) is 1.10. The second-order valence-electron chi connectivity index (χ2n) is 5.96. The summed E-state index contributed by atoms with van der Waals surface area (Å²) >= 11 is 5.69. The van der Waals surface area contributed by atoms with Crippen LogP contribution in [0.2, 0.25) is 0 Å². The van der Waals surface area contributed by atoms with Crippen molar-refractivity contribution in [3.8, 4) is 0 Å². The molecule has 22 heavy (non-hydrogen) atoms. The lowest BCUT2D eigenvalue weighted by molar-refractivity contribution is -0.110. The molecule has 0 aromatic heterocycles. The van der Waals surface area contributed by atoms with E-state index in [0.717, 1.165) is 5.56 Å². The van der Waals surface area contributed by atoms with Gasteiger partial charge in [0.15, 0.2) is 5.78 Å². The van der Waals surface area contributed by atoms with E-state index in [-0.39, 0.29) is 26.8 Å². The van der Waals surface area contributed by atoms with Crippen molar-refractivity contribution in [2.24, 2.45) is 4.40 Å². The lowest BCUT2D eigenvalue weighted by Crippen LogP contribution is -2.11. The molecule has 0 heterocycles. The molecule has 0 spiro atoms. The largest absolute Gasteiger partial charge is 0.288 e. The molecule has 4 nitrogen and oxygen atoms in total. The second kappa shape index (κ2) is 5.82. The van der Waals surface area contributed by atoms with E-state index in [0.29, 0.717) is 0 Å². The van der Waals surface area contributed by atoms with Crippen LogP contribution in [0.1, 0.15) is 26.3 Å². The minimum atomic E-state index is -3.84. The summed E-state index contributed by atoms with van der Waals surface area (Å²) in [7, 11) is -3.84. The van der Waals surface area contributed by atoms with Gasteiger partial charge in [0.2, 0.25) is 0 Å². The van der Waals surface area contributed by atoms with Crippen LogP contribution in [0.3, 0.4) is 0 Å². The van der Waals surface area contributed by atoms with E-state index in [1.165, 1.54) is 30.4 Å². The van der Waals surface area contributed by atoms with Crippen molar-refractivity contribution in [3.63, 3.8) is 0 Å². The van der Waals surface area contributed by atoms with Crippen molar-refractivity contribution in [3.05, 3.63) is 53.1 Å². The topological polar surface area (TPSA) is 63.6 Å². The maximum absolute atomic E-state index is 12.3. The van der Waals surface area contributed by atoms with Crippen LogP contribution in [0.15, 0.2) is 56.8 Å². The van der Waals surface area contributed by atoms with Gasteiger partial charge in [-0.2, -0.15) is 12.8 Å². The number of sulfonamides is 1. The van der Waals surface area contributed by atoms with Crippen molar-refractivity contribution in [1.29, 1.82) is 0 Å². The number of ketones is 1. The first-order valence-electron chi connectivity index (χ1n) is 6.65. The molecule has 1 aliphatic carbocycles. The van der Waals surface area contributed by atoms with Crippen molar-refractivity contribution in [1.82, 2.24) is 0 Å². The summed E-state index contributed by atoms with van der Waals surface area (Å²) in [5, 5.41) is -0.0560. The molecular formula is C16H16ClNO3S. The van der Waals surface area contributed by atoms with E-state index in [9.17, 15) is 13.2 Å². The molecule has 1 aliphatic rings. The number of carbonyl (C=O) groups is 1. The predicted molar refractivity (Wildman–Crippen MR) is 87.8 cm³/mol. The van der Waals surface area contributed by atoms with Crippen LogP contribution in [0.5, 0.6) is 0 Å². The van der Waals surface area contributed by atoms with E-state index in [1.807, 2.05) is 20.8 Å². The Balaban J connectivity index is 2.36. The van der Waals surface area contributed by atoms with Crippen molar-refractivity contribution >= 4 is 33.1 Å². The van der Waals surface area contributed by atoms with Crippen LogP contribution >= 0.6 is 11.6 Å². The predicted octanol–water partition coefficient (Wildman–Crippen LogP) is 3.38. The highest BCUT2D eigenvalue weighted by Crippen LogP contribution is 2.24. The van der Waals surface area contributed by atoms with Gasteiger partial charge in [0.1, 0.15) is 0 Å². The van der Waals surface area contributed by atoms with Gasteiger partial charge in [-0.25, -0.2) is 0 Å². The molecule has 1 aromatic rings. The minimum absolute atomic E-state index is 0.0560. The van der Waals surface area contributed by atoms with Crippen molar-refractivity contribution in [2.75, 3.05) is 0 Å². The Kier molecular flexibility index (Phi) is 4.40. The molecule has 0 saturated heterocycles. The molecule has 0 aliphatic heterocycles. The van der Waals surface area contributed by atoms with Gasteiger partial charge < -0.3 is 0 Å². The van der Waals surface area contributed by atoms with Gasteiger partial charge in [0.05, 0.1) is 15.6 Å². The molecule has 0 N–H and O–H groups in total. The number of benzene rings is 1. The first-order valence-corrected chi connectivity index (χ1v) is 8.46. The fraction of sp³-hybridized carbons (Fsp3) is 0.250. The second-order valence-corrected chi connectivity index (χ2v) is 7.97. The number of nitrogens with zero attached hydrogens (tertiary/aromatic N) is 1. The van der Waals surface area contributed by atoms with Crippen LogP contribution in [0.4, 0.5) is 0 Å². The van der Waals surface area contributed by atoms with Gasteiger partial charge in [-0.05, 0) is 41.3 Å². The molecule has 6 heteroatoms. The lowest BCUT2D eigenvalue weighted by Gasteiger charge is -2.18. The van der Waals surface area contributed by atoms with E-state index in [4.69, 9.17) is 11.6 Å². The van der Waals surface area contributed by atoms with Gasteiger partial charge in [-0.1, -0.05) is 44.5 Å². The van der Waals surface area contributed by atoms with Crippen molar-refractivity contribution < 1.29 is 13.2 Å². The molecule has 116 valence electrons. The van der Waals surface area contributed by atoms with Crippen LogP contribution < -0.4 is 0 Å². The molecule has 0 bridgehead atoms. The lowest BCUT2D eigenvalue weighted by atomic mass is 9.87. The fourth-order valence-corrected chi connectivity index (χ4v) is 3.02. The maximum Gasteiger partial charge on any atom is 0.282 e. The maximum atomic E-state index is 12.3. The molecule has 2 rings (SSSR count). The summed E-state index contributed by atoms with van der Waals surface area (Å²) < 4.78 is 28.2. The first kappa shape index (κ1) is 16.6. The highest BCUT2D eigenvalue weighted by molar-refractivity contribution is 7.90. The number of hydrogen-bond acceptors (Lipinski definition) is 3. The third kappa shape index (κ3) is 3.72. The molecule has 0 amide bonds. The number of allylic oxidation sites excluding steroid dienone is 4. The summed E-state index contributed by atoms with van der Waals surface area (Å²) in [5.74, 6) is -0.368. The van der Waals surface area contributed by atoms with Gasteiger partial charge >= 0.3 is 0 Å². The zero-order valence-corrected chi connectivity index (χ0v) is 14.1. The Morgan fingerprint density at radius 2 is 1.64 bits per heavy atom. The van der Waals surface area contributed by atoms with Gasteiger partial charge in [0.25, 0.3) is 10.0 Å². The van der Waals surface area contributed by atoms with Crippen molar-refractivity contribution in [2.45, 2.75) is 31.1 Å². The smallest absolute Gasteiger partial charge is 0.282 e. The normalized spacial score (nSPS) is 17.7. The van der Waals surface area contributed by atoms with Crippen LogP contribution in [-0.4, -0.2) is 19.9 Å². The third-order valence-corrected chi connectivity index (χ3v) is 4.77. The SMILES string of the molecule is CC(C)(C)c1ccc(S(=O)(=O)N=C2C=CC(=O)C(Cl)=C2)cc1. The molecule has 0 radical (unpaired) electrons. The van der Waals surface area contributed by atoms with E-state index in [2.05, 4.69) is 4.40 Å². The Morgan fingerprint density at radius 1 is 1.05 bits per heavy atom. The summed E-state index contributed by atoms with van der Waals surface area (Å²) in [6.07, 6.45) is 3.76. The van der Waals surface area contributed by atoms with E-state index in [1.54, 1.807) is 12.1 Å². The number of hydrogen-bond donors (Lipinski definition) is 0. The third-order valence-electron chi connectivity index (χ3n) is 3.16. The van der Waals surface area contributed by atoms with Gasteiger partial charge in [-0.3, -0.25) is 4.79 Å². The number of carbonyl (C=O) groups excluding carboxylic acids is 1. The van der Waals surface area contributed by atoms with Crippen LogP contribution in [0, 0.1) is 0 Å². The van der Waals surface area contributed by atoms with Crippen LogP contribution in [-0.2, 0) is 20.2 Å². The Labute approximate surface area is 135 Å². The standard InChI is InChI=1S/C16H16ClNO3S/c1-16(2,3)11-4-7-13(8-5-11)22(20,21)18-12-6-9-15(19)14(17)10-12/h4-10H,1-3H3. The first-order chi connectivity index (χ1) is 10.1. The van der Waals surface area contributed by atoms with Crippen LogP contribution in [0.25, 0.3) is 0 Å². The zero-order valence-electron chi connectivity index (χ0n) is 12.5. The number of halogens is 1. The van der Waals surface area contributed by atoms with E-state index < -0.39 is 10.0 Å². The summed E-state index contributed by atoms with van der Waals surface area (Å²) in [4.78, 5) is 11.3. The minimum Gasteiger partial charge on any atom is -0.288 e. The number of rotatable bonds is 2. The highest BCUT2D eigenvalue weighted by Gasteiger charge is 2.18. The van der Waals surface area contributed by atoms with Gasteiger partial charge in [-0.15, -0.1) is 0 Å².